The molecule has 3 aromatic rings. The van der Waals surface area contributed by atoms with Crippen LogP contribution in [0.2, 0.25) is 0 Å². The number of anilines is 1. The second kappa shape index (κ2) is 8.95. The molecule has 1 aliphatic rings. The molecule has 146 valence electrons. The lowest BCUT2D eigenvalue weighted by molar-refractivity contribution is 0.0917. The summed E-state index contributed by atoms with van der Waals surface area (Å²) in [6, 6.07) is 13.8. The normalized spacial score (nSPS) is 16.6. The van der Waals surface area contributed by atoms with Gasteiger partial charge in [-0.05, 0) is 61.1 Å². The highest BCUT2D eigenvalue weighted by Crippen LogP contribution is 2.32. The molecule has 1 fully saturated rings. The van der Waals surface area contributed by atoms with Gasteiger partial charge in [0.2, 0.25) is 0 Å². The summed E-state index contributed by atoms with van der Waals surface area (Å²) in [5, 5.41) is 0.723. The molecule has 4 nitrogen and oxygen atoms in total. The fraction of sp³-hybridized carbons (Fsp3) is 0.333. The largest absolute Gasteiger partial charge is 0.376 e. The first-order valence-corrected chi connectivity index (χ1v) is 12.0. The summed E-state index contributed by atoms with van der Waals surface area (Å²) in [6.07, 6.45) is 2.09. The fourth-order valence-electron chi connectivity index (χ4n) is 3.26. The molecule has 1 aromatic heterocycles. The monoisotopic (exact) mass is 476 g/mol. The summed E-state index contributed by atoms with van der Waals surface area (Å²) < 4.78 is 7.88. The molecule has 1 aliphatic heterocycles. The van der Waals surface area contributed by atoms with E-state index in [-0.39, 0.29) is 12.0 Å². The van der Waals surface area contributed by atoms with E-state index in [2.05, 4.69) is 22.9 Å². The molecule has 0 N–H and O–H groups in total. The number of carbonyl (C=O) groups is 1. The molecule has 1 unspecified atom stereocenters. The van der Waals surface area contributed by atoms with Gasteiger partial charge in [0.05, 0.1) is 22.9 Å². The van der Waals surface area contributed by atoms with Crippen molar-refractivity contribution in [1.29, 1.82) is 0 Å². The van der Waals surface area contributed by atoms with Gasteiger partial charge in [-0.15, -0.1) is 11.8 Å². The number of fused-ring (bicyclic) bond motifs is 1. The van der Waals surface area contributed by atoms with Crippen LogP contribution in [0, 0.1) is 0 Å². The minimum Gasteiger partial charge on any atom is -0.376 e. The summed E-state index contributed by atoms with van der Waals surface area (Å²) >= 11 is 6.82. The second-order valence-electron chi connectivity index (χ2n) is 6.62. The Morgan fingerprint density at radius 2 is 2.14 bits per heavy atom. The van der Waals surface area contributed by atoms with Gasteiger partial charge in [0.1, 0.15) is 0 Å². The Morgan fingerprint density at radius 3 is 2.86 bits per heavy atom. The van der Waals surface area contributed by atoms with Crippen LogP contribution in [-0.4, -0.2) is 35.9 Å². The van der Waals surface area contributed by atoms with E-state index in [4.69, 9.17) is 9.72 Å². The predicted octanol–water partition coefficient (Wildman–Crippen LogP) is 6.00. The van der Waals surface area contributed by atoms with Crippen LogP contribution in [0.4, 0.5) is 5.13 Å². The van der Waals surface area contributed by atoms with E-state index in [1.54, 1.807) is 28.0 Å². The lowest BCUT2D eigenvalue weighted by atomic mass is 10.2. The summed E-state index contributed by atoms with van der Waals surface area (Å²) in [5.74, 6) is 0.987. The Morgan fingerprint density at radius 1 is 1.32 bits per heavy atom. The third-order valence-corrected chi connectivity index (χ3v) is 7.07. The third-order valence-electron chi connectivity index (χ3n) is 4.64. The van der Waals surface area contributed by atoms with Gasteiger partial charge in [-0.2, -0.15) is 0 Å². The molecule has 1 saturated heterocycles. The molecule has 0 radical (unpaired) electrons. The van der Waals surface area contributed by atoms with Crippen molar-refractivity contribution in [2.45, 2.75) is 30.8 Å². The molecule has 2 aromatic carbocycles. The number of nitrogens with zero attached hydrogens (tertiary/aromatic N) is 2. The van der Waals surface area contributed by atoms with Crippen molar-refractivity contribution in [3.8, 4) is 0 Å². The Kier molecular flexibility index (Phi) is 6.35. The quantitative estimate of drug-likeness (QED) is 0.409. The molecule has 0 spiro atoms. The standard InChI is InChI=1S/C21H21BrN2O2S2/c1-2-27-17-8-5-14(6-9-17)20(25)24(13-16-4-3-11-26-16)21-23-18-10-7-15(22)12-19(18)28-21/h5-10,12,16H,2-4,11,13H2,1H3. The maximum Gasteiger partial charge on any atom is 0.260 e. The average molecular weight is 477 g/mol. The summed E-state index contributed by atoms with van der Waals surface area (Å²) in [6.45, 7) is 3.42. The van der Waals surface area contributed by atoms with E-state index >= 15 is 0 Å². The maximum atomic E-state index is 13.4. The lowest BCUT2D eigenvalue weighted by Gasteiger charge is -2.23. The summed E-state index contributed by atoms with van der Waals surface area (Å²) in [5.41, 5.74) is 1.59. The smallest absolute Gasteiger partial charge is 0.260 e. The molecule has 0 bridgehead atoms. The van der Waals surface area contributed by atoms with Crippen molar-refractivity contribution in [3.63, 3.8) is 0 Å². The number of aromatic nitrogens is 1. The number of hydrogen-bond acceptors (Lipinski definition) is 5. The average Bonchev–Trinajstić information content (AvgIpc) is 3.35. The fourth-order valence-corrected chi connectivity index (χ4v) is 5.44. The van der Waals surface area contributed by atoms with E-state index in [1.165, 1.54) is 4.90 Å². The molecule has 1 amide bonds. The van der Waals surface area contributed by atoms with Crippen LogP contribution in [0.1, 0.15) is 30.1 Å². The number of thioether (sulfide) groups is 1. The van der Waals surface area contributed by atoms with Gasteiger partial charge in [-0.25, -0.2) is 4.98 Å². The SMILES string of the molecule is CCSc1ccc(C(=O)N(CC2CCCO2)c2nc3ccc(Br)cc3s2)cc1. The van der Waals surface area contributed by atoms with Crippen molar-refractivity contribution in [3.05, 3.63) is 52.5 Å². The van der Waals surface area contributed by atoms with E-state index in [0.29, 0.717) is 12.1 Å². The lowest BCUT2D eigenvalue weighted by Crippen LogP contribution is -2.37. The zero-order valence-electron chi connectivity index (χ0n) is 15.6. The van der Waals surface area contributed by atoms with Gasteiger partial charge >= 0.3 is 0 Å². The van der Waals surface area contributed by atoms with Crippen LogP contribution in [0.3, 0.4) is 0 Å². The van der Waals surface area contributed by atoms with E-state index in [9.17, 15) is 4.79 Å². The van der Waals surface area contributed by atoms with Gasteiger partial charge in [0.25, 0.3) is 5.91 Å². The minimum absolute atomic E-state index is 0.0262. The first kappa shape index (κ1) is 19.9. The van der Waals surface area contributed by atoms with Gasteiger partial charge in [0.15, 0.2) is 5.13 Å². The number of hydrogen-bond donors (Lipinski definition) is 0. The highest BCUT2D eigenvalue weighted by molar-refractivity contribution is 9.10. The molecule has 0 saturated carbocycles. The molecule has 7 heteroatoms. The number of thiazole rings is 1. The molecule has 4 rings (SSSR count). The van der Waals surface area contributed by atoms with Crippen molar-refractivity contribution in [1.82, 2.24) is 4.98 Å². The Bertz CT molecular complexity index is 968. The molecule has 0 aliphatic carbocycles. The topological polar surface area (TPSA) is 42.4 Å². The Hall–Kier alpha value is -1.41. The molecular formula is C21H21BrN2O2S2. The zero-order valence-corrected chi connectivity index (χ0v) is 18.8. The number of carbonyl (C=O) groups excluding carboxylic acids is 1. The van der Waals surface area contributed by atoms with Crippen LogP contribution in [0.15, 0.2) is 51.8 Å². The first-order chi connectivity index (χ1) is 13.6. The number of halogens is 1. The van der Waals surface area contributed by atoms with Crippen molar-refractivity contribution in [2.75, 3.05) is 23.8 Å². The van der Waals surface area contributed by atoms with Crippen molar-refractivity contribution < 1.29 is 9.53 Å². The van der Waals surface area contributed by atoms with E-state index < -0.39 is 0 Å². The third kappa shape index (κ3) is 4.43. The van der Waals surface area contributed by atoms with Crippen LogP contribution >= 0.6 is 39.0 Å². The maximum absolute atomic E-state index is 13.4. The highest BCUT2D eigenvalue weighted by Gasteiger charge is 2.27. The zero-order chi connectivity index (χ0) is 19.5. The van der Waals surface area contributed by atoms with Gasteiger partial charge in [0, 0.05) is 21.5 Å². The van der Waals surface area contributed by atoms with Crippen LogP contribution < -0.4 is 4.90 Å². The minimum atomic E-state index is -0.0262. The molecular weight excluding hydrogens is 456 g/mol. The Balaban J connectivity index is 1.66. The number of amides is 1. The Labute approximate surface area is 181 Å². The van der Waals surface area contributed by atoms with Crippen molar-refractivity contribution >= 4 is 60.3 Å². The predicted molar refractivity (Wildman–Crippen MR) is 121 cm³/mol. The highest BCUT2D eigenvalue weighted by atomic mass is 79.9. The number of ether oxygens (including phenoxy) is 1. The number of rotatable bonds is 6. The first-order valence-electron chi connectivity index (χ1n) is 9.36. The van der Waals surface area contributed by atoms with E-state index in [0.717, 1.165) is 45.0 Å². The number of benzene rings is 2. The summed E-state index contributed by atoms with van der Waals surface area (Å²) in [4.78, 5) is 21.1. The molecule has 2 heterocycles. The van der Waals surface area contributed by atoms with Crippen molar-refractivity contribution in [2.24, 2.45) is 0 Å². The van der Waals surface area contributed by atoms with Crippen LogP contribution in [0.25, 0.3) is 10.2 Å². The molecule has 28 heavy (non-hydrogen) atoms. The van der Waals surface area contributed by atoms with Gasteiger partial charge in [-0.3, -0.25) is 9.69 Å². The van der Waals surface area contributed by atoms with E-state index in [1.807, 2.05) is 42.5 Å². The molecule has 1 atom stereocenters. The second-order valence-corrected chi connectivity index (χ2v) is 9.88. The van der Waals surface area contributed by atoms with Crippen LogP contribution in [0.5, 0.6) is 0 Å². The van der Waals surface area contributed by atoms with Gasteiger partial charge < -0.3 is 4.74 Å². The summed E-state index contributed by atoms with van der Waals surface area (Å²) in [7, 11) is 0. The van der Waals surface area contributed by atoms with Crippen LogP contribution in [-0.2, 0) is 4.74 Å². The van der Waals surface area contributed by atoms with Gasteiger partial charge in [-0.1, -0.05) is 34.2 Å².